The van der Waals surface area contributed by atoms with E-state index >= 15 is 0 Å². The van der Waals surface area contributed by atoms with Crippen LogP contribution in [0, 0.1) is 5.92 Å². The Morgan fingerprint density at radius 2 is 1.30 bits per heavy atom. The number of furan rings is 2. The van der Waals surface area contributed by atoms with Crippen LogP contribution >= 0.6 is 0 Å². The van der Waals surface area contributed by atoms with Gasteiger partial charge >= 0.3 is 0 Å². The van der Waals surface area contributed by atoms with Crippen molar-refractivity contribution < 1.29 is 8.83 Å². The number of rotatable bonds is 4. The molecule has 0 fully saturated rings. The number of benzene rings is 8. The van der Waals surface area contributed by atoms with E-state index in [2.05, 4.69) is 188 Å². The van der Waals surface area contributed by atoms with Gasteiger partial charge in [0.05, 0.1) is 28.7 Å². The van der Waals surface area contributed by atoms with E-state index in [0.29, 0.717) is 0 Å². The Bertz CT molecular complexity index is 3810. The first kappa shape index (κ1) is 35.8. The lowest BCUT2D eigenvalue weighted by atomic mass is 9.74. The molecule has 0 amide bonds. The van der Waals surface area contributed by atoms with Crippen molar-refractivity contribution in [3.05, 3.63) is 216 Å². The van der Waals surface area contributed by atoms with Gasteiger partial charge in [-0.25, -0.2) is 0 Å². The number of fused-ring (bicyclic) bond motifs is 17. The number of para-hydroxylation sites is 2. The summed E-state index contributed by atoms with van der Waals surface area (Å²) < 4.78 is 16.1. The highest BCUT2D eigenvalue weighted by Crippen LogP contribution is 2.52. The molecule has 0 radical (unpaired) electrons. The normalized spacial score (nSPS) is 16.3. The van der Waals surface area contributed by atoms with E-state index in [-0.39, 0.29) is 12.0 Å². The van der Waals surface area contributed by atoms with Crippen LogP contribution in [0.1, 0.15) is 47.3 Å². The minimum absolute atomic E-state index is 0.0443. The summed E-state index contributed by atoms with van der Waals surface area (Å²) in [7, 11) is 0. The van der Waals surface area contributed by atoms with Crippen LogP contribution in [0.25, 0.3) is 100 Å². The Morgan fingerprint density at radius 3 is 2.13 bits per heavy atom. The highest BCUT2D eigenvalue weighted by atomic mass is 16.3. The van der Waals surface area contributed by atoms with Crippen LogP contribution in [0.15, 0.2) is 202 Å². The van der Waals surface area contributed by atoms with Crippen molar-refractivity contribution in [2.75, 3.05) is 0 Å². The van der Waals surface area contributed by atoms with Gasteiger partial charge in [0.15, 0.2) is 0 Å². The summed E-state index contributed by atoms with van der Waals surface area (Å²) in [5, 5.41) is 7.99. The number of aromatic nitrogens is 1. The first-order valence-corrected chi connectivity index (χ1v) is 21.8. The summed E-state index contributed by atoms with van der Waals surface area (Å²) in [4.78, 5) is 5.88. The van der Waals surface area contributed by atoms with Gasteiger partial charge in [0.25, 0.3) is 0 Å². The van der Waals surface area contributed by atoms with E-state index < -0.39 is 0 Å². The number of allylic oxidation sites excluding steroid dienone is 2. The van der Waals surface area contributed by atoms with Crippen LogP contribution in [0.3, 0.4) is 0 Å². The van der Waals surface area contributed by atoms with Crippen LogP contribution in [-0.4, -0.2) is 10.3 Å². The van der Waals surface area contributed by atoms with Crippen molar-refractivity contribution in [2.24, 2.45) is 10.9 Å². The average Bonchev–Trinajstić information content (AvgIpc) is 3.99. The standard InChI is InChI=1S/C59H40N2O2/c1-3-49-42-23-14-24-47-55(56-50(30-29-46-44-22-10-12-26-53(44)63-59(46)56)61(49)51-33-39-18-8-7-17-38(39)32-48(42)51)35(2)57(41-27-28-45-43-21-9-11-25-52(43)62-54(45)34-41)60-58(47)40-20-13-19-37(31-40)36-15-5-4-6-16-36/h3-23,25-34,47,58H,1,24H2,2H3/t47?,58-/m0/s1. The third kappa shape index (κ3) is 5.38. The molecule has 2 bridgehead atoms. The van der Waals surface area contributed by atoms with Crippen molar-refractivity contribution in [2.45, 2.75) is 19.4 Å². The molecule has 13 rings (SSSR count). The number of hydrogen-bond acceptors (Lipinski definition) is 3. The molecule has 0 saturated carbocycles. The third-order valence-electron chi connectivity index (χ3n) is 13.6. The molecule has 0 spiro atoms. The molecule has 2 atom stereocenters. The maximum absolute atomic E-state index is 7.12. The topological polar surface area (TPSA) is 43.6 Å². The molecule has 11 aromatic rings. The van der Waals surface area contributed by atoms with Crippen molar-refractivity contribution in [3.8, 4) is 16.8 Å². The summed E-state index contributed by atoms with van der Waals surface area (Å²) >= 11 is 0. The molecule has 4 heteroatoms. The number of nitrogens with zero attached hydrogens (tertiary/aromatic N) is 2. The molecule has 298 valence electrons. The minimum atomic E-state index is -0.226. The molecule has 63 heavy (non-hydrogen) atoms. The molecular formula is C59H40N2O2. The second-order valence-electron chi connectivity index (χ2n) is 17.0. The SMILES string of the molecule is C=Cc1c2c3cc4ccccc4cc3n1-c1ccc3c(oc4ccccc43)c1C1=C(C)C(c3ccc4c(c3)oc3ccccc34)=N[C@@H](c3cccc(-c4ccccc4)c3)C1CC=C2. The van der Waals surface area contributed by atoms with Crippen LogP contribution in [-0.2, 0) is 0 Å². The van der Waals surface area contributed by atoms with Crippen molar-refractivity contribution in [3.63, 3.8) is 0 Å². The summed E-state index contributed by atoms with van der Waals surface area (Å²) in [6.07, 6.45) is 7.47. The lowest BCUT2D eigenvalue weighted by molar-refractivity contribution is 0.537. The minimum Gasteiger partial charge on any atom is -0.456 e. The molecule has 3 aromatic heterocycles. The lowest BCUT2D eigenvalue weighted by Gasteiger charge is -2.35. The highest BCUT2D eigenvalue weighted by molar-refractivity contribution is 6.21. The zero-order valence-corrected chi connectivity index (χ0v) is 34.7. The molecular weight excluding hydrogens is 769 g/mol. The Labute approximate surface area is 364 Å². The highest BCUT2D eigenvalue weighted by Gasteiger charge is 2.38. The molecule has 5 heterocycles. The smallest absolute Gasteiger partial charge is 0.145 e. The predicted molar refractivity (Wildman–Crippen MR) is 263 cm³/mol. The fourth-order valence-corrected chi connectivity index (χ4v) is 10.7. The molecule has 0 N–H and O–H groups in total. The van der Waals surface area contributed by atoms with E-state index in [1.165, 1.54) is 38.4 Å². The van der Waals surface area contributed by atoms with Gasteiger partial charge < -0.3 is 13.4 Å². The molecule has 1 unspecified atom stereocenters. The Hall–Kier alpha value is -7.95. The van der Waals surface area contributed by atoms with E-state index in [1.54, 1.807) is 0 Å². The van der Waals surface area contributed by atoms with Crippen molar-refractivity contribution in [1.29, 1.82) is 0 Å². The third-order valence-corrected chi connectivity index (χ3v) is 13.6. The Kier molecular flexibility index (Phi) is 7.83. The van der Waals surface area contributed by atoms with Crippen LogP contribution in [0.5, 0.6) is 0 Å². The monoisotopic (exact) mass is 808 g/mol. The second kappa shape index (κ2) is 13.8. The Balaban J connectivity index is 1.15. The quantitative estimate of drug-likeness (QED) is 0.178. The number of aliphatic imine (C=N–C) groups is 1. The molecule has 2 aliphatic heterocycles. The maximum Gasteiger partial charge on any atom is 0.145 e. The van der Waals surface area contributed by atoms with Crippen LogP contribution in [0.2, 0.25) is 0 Å². The fraction of sp³-hybridized carbons (Fsp3) is 0.0678. The molecule has 2 aliphatic rings. The number of hydrogen-bond donors (Lipinski definition) is 0. The van der Waals surface area contributed by atoms with Gasteiger partial charge in [0.2, 0.25) is 0 Å². The van der Waals surface area contributed by atoms with Crippen molar-refractivity contribution in [1.82, 2.24) is 4.57 Å². The summed E-state index contributed by atoms with van der Waals surface area (Å²) in [6, 6.07) is 60.6. The molecule has 0 saturated heterocycles. The second-order valence-corrected chi connectivity index (χ2v) is 17.0. The first-order chi connectivity index (χ1) is 31.1. The predicted octanol–water partition coefficient (Wildman–Crippen LogP) is 15.9. The van der Waals surface area contributed by atoms with Gasteiger partial charge in [-0.1, -0.05) is 134 Å². The van der Waals surface area contributed by atoms with Gasteiger partial charge in [0.1, 0.15) is 22.3 Å². The lowest BCUT2D eigenvalue weighted by Crippen LogP contribution is -2.24. The fourth-order valence-electron chi connectivity index (χ4n) is 10.7. The van der Waals surface area contributed by atoms with Gasteiger partial charge in [-0.2, -0.15) is 0 Å². The molecule has 4 nitrogen and oxygen atoms in total. The van der Waals surface area contributed by atoms with Gasteiger partial charge in [-0.05, 0) is 113 Å². The maximum atomic E-state index is 7.12. The number of dihydropyridines is 1. The average molecular weight is 809 g/mol. The molecule has 8 aromatic carbocycles. The summed E-state index contributed by atoms with van der Waals surface area (Å²) in [6.45, 7) is 6.72. The molecule has 0 aliphatic carbocycles. The zero-order chi connectivity index (χ0) is 41.8. The first-order valence-electron chi connectivity index (χ1n) is 21.8. The van der Waals surface area contributed by atoms with Crippen molar-refractivity contribution >= 4 is 89.0 Å². The summed E-state index contributed by atoms with van der Waals surface area (Å²) in [5.74, 6) is -0.0443. The van der Waals surface area contributed by atoms with E-state index in [1.807, 2.05) is 18.2 Å². The van der Waals surface area contributed by atoms with Crippen LogP contribution < -0.4 is 0 Å². The Morgan fingerprint density at radius 1 is 0.603 bits per heavy atom. The van der Waals surface area contributed by atoms with E-state index in [0.717, 1.165) is 95.2 Å². The van der Waals surface area contributed by atoms with Gasteiger partial charge in [-0.15, -0.1) is 0 Å². The van der Waals surface area contributed by atoms with Gasteiger partial charge in [0, 0.05) is 49.5 Å². The van der Waals surface area contributed by atoms with Gasteiger partial charge in [-0.3, -0.25) is 4.99 Å². The van der Waals surface area contributed by atoms with Crippen LogP contribution in [0.4, 0.5) is 0 Å². The van der Waals surface area contributed by atoms with E-state index in [4.69, 9.17) is 13.8 Å². The summed E-state index contributed by atoms with van der Waals surface area (Å²) in [5.41, 5.74) is 16.8. The zero-order valence-electron chi connectivity index (χ0n) is 34.7. The van der Waals surface area contributed by atoms with E-state index in [9.17, 15) is 0 Å². The largest absolute Gasteiger partial charge is 0.456 e.